The molecule has 1 aromatic heterocycles. The number of hydrogen-bond acceptors (Lipinski definition) is 2. The van der Waals surface area contributed by atoms with Crippen LogP contribution in [0.1, 0.15) is 44.6 Å². The van der Waals surface area contributed by atoms with Crippen LogP contribution >= 0.6 is 23.2 Å². The number of aryl methyl sites for hydroxylation is 1. The summed E-state index contributed by atoms with van der Waals surface area (Å²) in [6.07, 6.45) is 6.70. The highest BCUT2D eigenvalue weighted by molar-refractivity contribution is 6.34. The van der Waals surface area contributed by atoms with Crippen molar-refractivity contribution in [3.8, 4) is 0 Å². The van der Waals surface area contributed by atoms with E-state index in [4.69, 9.17) is 23.2 Å². The molecule has 2 rings (SSSR count). The van der Waals surface area contributed by atoms with Crippen molar-refractivity contribution < 1.29 is 0 Å². The van der Waals surface area contributed by atoms with E-state index >= 15 is 0 Å². The van der Waals surface area contributed by atoms with Gasteiger partial charge in [0.1, 0.15) is 5.15 Å². The minimum atomic E-state index is 0.435. The third-order valence-electron chi connectivity index (χ3n) is 3.87. The van der Waals surface area contributed by atoms with Gasteiger partial charge in [-0.2, -0.15) is 0 Å². The molecule has 0 amide bonds. The third-order valence-corrected chi connectivity index (χ3v) is 4.34. The van der Waals surface area contributed by atoms with Gasteiger partial charge in [-0.05, 0) is 44.2 Å². The van der Waals surface area contributed by atoms with Crippen LogP contribution in [0, 0.1) is 12.8 Å². The predicted octanol–water partition coefficient (Wildman–Crippen LogP) is 5.08. The highest BCUT2D eigenvalue weighted by Crippen LogP contribution is 2.31. The topological polar surface area (TPSA) is 24.9 Å². The number of halogens is 2. The summed E-state index contributed by atoms with van der Waals surface area (Å²) in [5, 5.41) is 4.45. The van der Waals surface area contributed by atoms with Crippen molar-refractivity contribution in [3.05, 3.63) is 21.9 Å². The van der Waals surface area contributed by atoms with Crippen LogP contribution in [0.4, 0.5) is 5.69 Å². The van der Waals surface area contributed by atoms with Crippen LogP contribution in [0.2, 0.25) is 10.3 Å². The van der Waals surface area contributed by atoms with Crippen LogP contribution < -0.4 is 5.32 Å². The molecule has 0 saturated heterocycles. The van der Waals surface area contributed by atoms with Crippen LogP contribution in [0.5, 0.6) is 0 Å². The fraction of sp³-hybridized carbons (Fsp3) is 0.643. The van der Waals surface area contributed by atoms with Gasteiger partial charge in [0.25, 0.3) is 0 Å². The Hall–Kier alpha value is -0.470. The quantitative estimate of drug-likeness (QED) is 0.784. The first-order valence-corrected chi connectivity index (χ1v) is 7.42. The van der Waals surface area contributed by atoms with E-state index in [0.717, 1.165) is 17.2 Å². The molecular weight excluding hydrogens is 267 g/mol. The van der Waals surface area contributed by atoms with Gasteiger partial charge in [0.2, 0.25) is 0 Å². The van der Waals surface area contributed by atoms with Crippen LogP contribution in [0.15, 0.2) is 6.07 Å². The van der Waals surface area contributed by atoms with Gasteiger partial charge >= 0.3 is 0 Å². The Labute approximate surface area is 119 Å². The molecule has 18 heavy (non-hydrogen) atoms. The van der Waals surface area contributed by atoms with Crippen LogP contribution in [-0.4, -0.2) is 11.0 Å². The van der Waals surface area contributed by atoms with Crippen molar-refractivity contribution in [1.82, 2.24) is 4.98 Å². The minimum absolute atomic E-state index is 0.435. The Kier molecular flexibility index (Phi) is 4.74. The molecule has 0 aliphatic heterocycles. The maximum atomic E-state index is 6.16. The summed E-state index contributed by atoms with van der Waals surface area (Å²) in [5.41, 5.74) is 1.99. The molecule has 1 N–H and O–H groups in total. The highest BCUT2D eigenvalue weighted by atomic mass is 35.5. The summed E-state index contributed by atoms with van der Waals surface area (Å²) in [4.78, 5) is 4.10. The molecule has 1 unspecified atom stereocenters. The zero-order valence-corrected chi connectivity index (χ0v) is 12.5. The van der Waals surface area contributed by atoms with Gasteiger partial charge in [-0.25, -0.2) is 4.98 Å². The lowest BCUT2D eigenvalue weighted by Gasteiger charge is -2.29. The second kappa shape index (κ2) is 6.12. The lowest BCUT2D eigenvalue weighted by atomic mass is 9.84. The van der Waals surface area contributed by atoms with Crippen LogP contribution in [0.25, 0.3) is 0 Å². The highest BCUT2D eigenvalue weighted by Gasteiger charge is 2.21. The molecule has 1 aromatic rings. The standard InChI is InChI=1S/C14H20Cl2N2/c1-9-8-12(15)18-14(16)13(9)17-10(2)11-6-4-3-5-7-11/h8,10-11,17H,3-7H2,1-2H3. The molecule has 4 heteroatoms. The van der Waals surface area contributed by atoms with Gasteiger partial charge in [0, 0.05) is 6.04 Å². The molecule has 1 fully saturated rings. The van der Waals surface area contributed by atoms with Crippen molar-refractivity contribution in [2.45, 2.75) is 52.0 Å². The van der Waals surface area contributed by atoms with Gasteiger partial charge in [-0.15, -0.1) is 0 Å². The fourth-order valence-electron chi connectivity index (χ4n) is 2.75. The van der Waals surface area contributed by atoms with Crippen LogP contribution in [-0.2, 0) is 0 Å². The normalized spacial score (nSPS) is 18.7. The van der Waals surface area contributed by atoms with Gasteiger partial charge in [-0.3, -0.25) is 0 Å². The number of anilines is 1. The first-order valence-electron chi connectivity index (χ1n) is 6.67. The smallest absolute Gasteiger partial charge is 0.154 e. The molecule has 1 aliphatic rings. The summed E-state index contributed by atoms with van der Waals surface area (Å²) >= 11 is 12.0. The molecule has 100 valence electrons. The monoisotopic (exact) mass is 286 g/mol. The summed E-state index contributed by atoms with van der Waals surface area (Å²) in [7, 11) is 0. The van der Waals surface area contributed by atoms with E-state index < -0.39 is 0 Å². The average molecular weight is 287 g/mol. The van der Waals surface area contributed by atoms with Crippen molar-refractivity contribution in [1.29, 1.82) is 0 Å². The first kappa shape index (κ1) is 14.0. The summed E-state index contributed by atoms with van der Waals surface area (Å²) < 4.78 is 0. The number of nitrogens with zero attached hydrogens (tertiary/aromatic N) is 1. The van der Waals surface area contributed by atoms with E-state index in [1.807, 2.05) is 13.0 Å². The molecule has 0 spiro atoms. The number of hydrogen-bond donors (Lipinski definition) is 1. The van der Waals surface area contributed by atoms with E-state index in [1.54, 1.807) is 0 Å². The van der Waals surface area contributed by atoms with Crippen molar-refractivity contribution in [2.75, 3.05) is 5.32 Å². The molecule has 0 radical (unpaired) electrons. The second-order valence-electron chi connectivity index (χ2n) is 5.26. The van der Waals surface area contributed by atoms with Crippen molar-refractivity contribution in [2.24, 2.45) is 5.92 Å². The van der Waals surface area contributed by atoms with Crippen molar-refractivity contribution in [3.63, 3.8) is 0 Å². The van der Waals surface area contributed by atoms with Gasteiger partial charge < -0.3 is 5.32 Å². The lowest BCUT2D eigenvalue weighted by Crippen LogP contribution is -2.28. The maximum Gasteiger partial charge on any atom is 0.154 e. The summed E-state index contributed by atoms with van der Waals surface area (Å²) in [6, 6.07) is 2.29. The van der Waals surface area contributed by atoms with E-state index in [9.17, 15) is 0 Å². The largest absolute Gasteiger partial charge is 0.380 e. The van der Waals surface area contributed by atoms with Gasteiger partial charge in [-0.1, -0.05) is 42.5 Å². The predicted molar refractivity (Wildman–Crippen MR) is 78.7 cm³/mol. The Balaban J connectivity index is 2.08. The van der Waals surface area contributed by atoms with Gasteiger partial charge in [0.05, 0.1) is 5.69 Å². The van der Waals surface area contributed by atoms with E-state index in [1.165, 1.54) is 32.1 Å². The fourth-order valence-corrected chi connectivity index (χ4v) is 3.33. The molecule has 2 nitrogen and oxygen atoms in total. The van der Waals surface area contributed by atoms with E-state index in [0.29, 0.717) is 16.3 Å². The van der Waals surface area contributed by atoms with Crippen LogP contribution in [0.3, 0.4) is 0 Å². The average Bonchev–Trinajstić information content (AvgIpc) is 2.34. The zero-order valence-electron chi connectivity index (χ0n) is 11.0. The number of nitrogens with one attached hydrogen (secondary N) is 1. The molecule has 1 aliphatic carbocycles. The Morgan fingerprint density at radius 2 is 1.94 bits per heavy atom. The molecular formula is C14H20Cl2N2. The number of rotatable bonds is 3. The summed E-state index contributed by atoms with van der Waals surface area (Å²) in [6.45, 7) is 4.25. The number of pyridine rings is 1. The molecule has 0 bridgehead atoms. The lowest BCUT2D eigenvalue weighted by molar-refractivity contribution is 0.328. The Bertz CT molecular complexity index is 391. The second-order valence-corrected chi connectivity index (χ2v) is 6.00. The molecule has 1 saturated carbocycles. The molecule has 1 atom stereocenters. The van der Waals surface area contributed by atoms with Crippen molar-refractivity contribution >= 4 is 28.9 Å². The summed E-state index contributed by atoms with van der Waals surface area (Å²) in [5.74, 6) is 0.741. The maximum absolute atomic E-state index is 6.16. The first-order chi connectivity index (χ1) is 8.58. The SMILES string of the molecule is Cc1cc(Cl)nc(Cl)c1NC(C)C1CCCCC1. The zero-order chi connectivity index (χ0) is 13.1. The van der Waals surface area contributed by atoms with Gasteiger partial charge in [0.15, 0.2) is 5.15 Å². The van der Waals surface area contributed by atoms with E-state index in [-0.39, 0.29) is 0 Å². The number of aromatic nitrogens is 1. The Morgan fingerprint density at radius 1 is 1.28 bits per heavy atom. The minimum Gasteiger partial charge on any atom is -0.380 e. The molecule has 1 heterocycles. The third kappa shape index (κ3) is 3.30. The molecule has 0 aromatic carbocycles. The van der Waals surface area contributed by atoms with E-state index in [2.05, 4.69) is 17.2 Å². The Morgan fingerprint density at radius 3 is 2.56 bits per heavy atom.